The Kier molecular flexibility index (Phi) is 11.9. The van der Waals surface area contributed by atoms with Gasteiger partial charge in [0, 0.05) is 13.1 Å². The second-order valence-corrected chi connectivity index (χ2v) is 11.7. The van der Waals surface area contributed by atoms with E-state index in [0.717, 1.165) is 31.3 Å². The fraction of sp³-hybridized carbons (Fsp3) is 0.613. The summed E-state index contributed by atoms with van der Waals surface area (Å²) in [4.78, 5) is 55.1. The molecule has 5 atom stereocenters. The first-order chi connectivity index (χ1) is 21.1. The summed E-state index contributed by atoms with van der Waals surface area (Å²) in [5, 5.41) is 29.1. The van der Waals surface area contributed by atoms with Gasteiger partial charge in [-0.25, -0.2) is 0 Å². The first-order valence-electron chi connectivity index (χ1n) is 15.1. The third kappa shape index (κ3) is 9.08. The highest BCUT2D eigenvalue weighted by atomic mass is 16.6. The van der Waals surface area contributed by atoms with Crippen LogP contribution in [0.25, 0.3) is 0 Å². The molecule has 2 aliphatic heterocycles. The molecule has 1 aromatic rings. The van der Waals surface area contributed by atoms with Crippen LogP contribution in [0.5, 0.6) is 5.75 Å². The minimum absolute atomic E-state index is 0.00596. The van der Waals surface area contributed by atoms with Crippen molar-refractivity contribution in [3.05, 3.63) is 41.5 Å². The molecular formula is C31H44N4O9. The Morgan fingerprint density at radius 2 is 1.73 bits per heavy atom. The maximum absolute atomic E-state index is 13.8. The molecule has 13 heteroatoms. The summed E-state index contributed by atoms with van der Waals surface area (Å²) >= 11 is 0. The number of allylic oxidation sites excluding steroid dienone is 1. The third-order valence-corrected chi connectivity index (χ3v) is 8.24. The lowest BCUT2D eigenvalue weighted by molar-refractivity contribution is -0.137. The number of morpholine rings is 1. The molecule has 3 aliphatic rings. The van der Waals surface area contributed by atoms with Gasteiger partial charge in [-0.05, 0) is 56.7 Å². The van der Waals surface area contributed by atoms with Crippen molar-refractivity contribution in [1.29, 1.82) is 0 Å². The Balaban J connectivity index is 1.52. The second kappa shape index (κ2) is 15.6. The number of benzene rings is 1. The smallest absolute Gasteiger partial charge is 0.246 e. The van der Waals surface area contributed by atoms with Crippen LogP contribution in [-0.2, 0) is 28.7 Å². The van der Waals surface area contributed by atoms with E-state index in [2.05, 4.69) is 22.0 Å². The van der Waals surface area contributed by atoms with E-state index < -0.39 is 54.2 Å². The largest absolute Gasteiger partial charge is 0.497 e. The Morgan fingerprint density at radius 1 is 1.02 bits per heavy atom. The van der Waals surface area contributed by atoms with E-state index in [1.165, 1.54) is 7.11 Å². The molecule has 1 aromatic carbocycles. The number of nitrogens with zero attached hydrogens (tertiary/aromatic N) is 1. The lowest BCUT2D eigenvalue weighted by Crippen LogP contribution is -2.59. The normalized spacial score (nSPS) is 22.9. The number of hydrogen-bond acceptors (Lipinski definition) is 10. The number of epoxide rings is 1. The molecule has 2 fully saturated rings. The molecule has 0 saturated carbocycles. The van der Waals surface area contributed by atoms with Crippen LogP contribution < -0.4 is 20.7 Å². The molecule has 242 valence electrons. The minimum atomic E-state index is -1.57. The van der Waals surface area contributed by atoms with Crippen molar-refractivity contribution in [2.24, 2.45) is 0 Å². The van der Waals surface area contributed by atoms with Crippen LogP contribution >= 0.6 is 0 Å². The van der Waals surface area contributed by atoms with Gasteiger partial charge in [0.15, 0.2) is 5.78 Å². The average molecular weight is 617 g/mol. The van der Waals surface area contributed by atoms with Crippen LogP contribution in [0.15, 0.2) is 35.9 Å². The van der Waals surface area contributed by atoms with Crippen LogP contribution in [-0.4, -0.2) is 116 Å². The Hall–Kier alpha value is -3.36. The van der Waals surface area contributed by atoms with E-state index in [1.807, 2.05) is 4.90 Å². The number of hydrogen-bond donors (Lipinski definition) is 5. The summed E-state index contributed by atoms with van der Waals surface area (Å²) in [5.41, 5.74) is 0.352. The van der Waals surface area contributed by atoms with Gasteiger partial charge in [0.25, 0.3) is 0 Å². The number of aliphatic hydroxyl groups excluding tert-OH is 2. The Morgan fingerprint density at radius 3 is 2.32 bits per heavy atom. The van der Waals surface area contributed by atoms with Gasteiger partial charge in [0.2, 0.25) is 17.7 Å². The molecule has 44 heavy (non-hydrogen) atoms. The first-order valence-corrected chi connectivity index (χ1v) is 15.1. The molecule has 1 aliphatic carbocycles. The molecule has 3 amide bonds. The number of rotatable bonds is 15. The molecule has 0 radical (unpaired) electrons. The summed E-state index contributed by atoms with van der Waals surface area (Å²) in [7, 11) is 1.49. The molecule has 0 unspecified atom stereocenters. The van der Waals surface area contributed by atoms with Gasteiger partial charge in [0.05, 0.1) is 46.1 Å². The highest BCUT2D eigenvalue weighted by Crippen LogP contribution is 2.31. The van der Waals surface area contributed by atoms with Crippen molar-refractivity contribution < 1.29 is 43.6 Å². The summed E-state index contributed by atoms with van der Waals surface area (Å²) in [6, 6.07) is 2.42. The van der Waals surface area contributed by atoms with E-state index in [9.17, 15) is 29.4 Å². The number of ketones is 1. The van der Waals surface area contributed by atoms with E-state index in [0.29, 0.717) is 44.0 Å². The maximum atomic E-state index is 13.8. The second-order valence-electron chi connectivity index (χ2n) is 11.7. The number of methoxy groups -OCH3 is 1. The van der Waals surface area contributed by atoms with Crippen molar-refractivity contribution in [3.8, 4) is 5.75 Å². The number of ether oxygens (including phenoxy) is 3. The quantitative estimate of drug-likeness (QED) is 0.130. The average Bonchev–Trinajstić information content (AvgIpc) is 3.80. The topological polar surface area (TPSA) is 179 Å². The SMILES string of the molecule is COc1ccc([C@@H](O)[C@H](NC(=O)[C@H](CO)NC(=O)CN2CCOCC2)C(=O)N[C@@H](CC2=CCCCC2)C(=O)[C@]2(C)CO2)cc1. The van der Waals surface area contributed by atoms with Crippen molar-refractivity contribution in [1.82, 2.24) is 20.9 Å². The zero-order valence-electron chi connectivity index (χ0n) is 25.4. The third-order valence-electron chi connectivity index (χ3n) is 8.24. The van der Waals surface area contributed by atoms with Gasteiger partial charge in [-0.15, -0.1) is 0 Å². The van der Waals surface area contributed by atoms with Crippen molar-refractivity contribution in [2.45, 2.75) is 68.9 Å². The number of Topliss-reactive ketones (excluding diaryl/α,β-unsaturated/α-hetero) is 1. The molecule has 2 saturated heterocycles. The summed E-state index contributed by atoms with van der Waals surface area (Å²) in [6.45, 7) is 3.27. The Labute approximate surface area is 257 Å². The molecule has 0 aromatic heterocycles. The standard InChI is InChI=1S/C31H44N4O9/c1-31(19-44-31)28(39)23(16-20-6-4-3-5-7-20)33-30(41)26(27(38)21-8-10-22(42-2)11-9-21)34-29(40)24(18-36)32-25(37)17-35-12-14-43-15-13-35/h6,8-11,23-24,26-27,36,38H,3-5,7,12-19H2,1-2H3,(H,32,37)(H,33,41)(H,34,40)/t23-,24-,26-,27+,31-/m0/s1. The number of carbonyl (C=O) groups excluding carboxylic acids is 4. The lowest BCUT2D eigenvalue weighted by Gasteiger charge is -2.29. The number of aliphatic hydroxyl groups is 2. The monoisotopic (exact) mass is 616 g/mol. The molecule has 0 bridgehead atoms. The molecule has 0 spiro atoms. The summed E-state index contributed by atoms with van der Waals surface area (Å²) in [5.74, 6) is -1.91. The van der Waals surface area contributed by atoms with E-state index >= 15 is 0 Å². The van der Waals surface area contributed by atoms with Crippen molar-refractivity contribution in [2.75, 3.05) is 53.2 Å². The van der Waals surface area contributed by atoms with Crippen molar-refractivity contribution in [3.63, 3.8) is 0 Å². The van der Waals surface area contributed by atoms with E-state index in [4.69, 9.17) is 14.2 Å². The molecule has 13 nitrogen and oxygen atoms in total. The minimum Gasteiger partial charge on any atom is -0.497 e. The van der Waals surface area contributed by atoms with E-state index in [-0.39, 0.29) is 18.9 Å². The molecular weight excluding hydrogens is 572 g/mol. The Bertz CT molecular complexity index is 1200. The highest BCUT2D eigenvalue weighted by Gasteiger charge is 2.50. The summed E-state index contributed by atoms with van der Waals surface area (Å²) in [6.07, 6.45) is 4.60. The van der Waals surface area contributed by atoms with Gasteiger partial charge in [-0.3, -0.25) is 24.1 Å². The first kappa shape index (κ1) is 33.5. The number of carbonyl (C=O) groups is 4. The van der Waals surface area contributed by atoms with Crippen LogP contribution in [0.3, 0.4) is 0 Å². The van der Waals surface area contributed by atoms with Gasteiger partial charge < -0.3 is 40.4 Å². The highest BCUT2D eigenvalue weighted by molar-refractivity contribution is 5.98. The van der Waals surface area contributed by atoms with Crippen LogP contribution in [0.4, 0.5) is 0 Å². The van der Waals surface area contributed by atoms with Crippen LogP contribution in [0.1, 0.15) is 50.7 Å². The number of nitrogens with one attached hydrogen (secondary N) is 3. The van der Waals surface area contributed by atoms with E-state index in [1.54, 1.807) is 31.2 Å². The van der Waals surface area contributed by atoms with Crippen LogP contribution in [0, 0.1) is 0 Å². The number of amides is 3. The zero-order chi connectivity index (χ0) is 31.7. The molecule has 5 N–H and O–H groups in total. The fourth-order valence-corrected chi connectivity index (χ4v) is 5.37. The molecule has 4 rings (SSSR count). The fourth-order valence-electron chi connectivity index (χ4n) is 5.37. The van der Waals surface area contributed by atoms with Crippen LogP contribution in [0.2, 0.25) is 0 Å². The van der Waals surface area contributed by atoms with Gasteiger partial charge >= 0.3 is 0 Å². The maximum Gasteiger partial charge on any atom is 0.246 e. The predicted octanol–water partition coefficient (Wildman–Crippen LogP) is -0.244. The summed E-state index contributed by atoms with van der Waals surface area (Å²) < 4.78 is 15.9. The zero-order valence-corrected chi connectivity index (χ0v) is 25.4. The van der Waals surface area contributed by atoms with Gasteiger partial charge in [0.1, 0.15) is 29.5 Å². The predicted molar refractivity (Wildman–Crippen MR) is 159 cm³/mol. The van der Waals surface area contributed by atoms with Crippen molar-refractivity contribution >= 4 is 23.5 Å². The van der Waals surface area contributed by atoms with Gasteiger partial charge in [-0.2, -0.15) is 0 Å². The van der Waals surface area contributed by atoms with Gasteiger partial charge in [-0.1, -0.05) is 23.8 Å². The lowest BCUT2D eigenvalue weighted by atomic mass is 9.89. The molecule has 2 heterocycles.